The fourth-order valence-electron chi connectivity index (χ4n) is 3.18. The summed E-state index contributed by atoms with van der Waals surface area (Å²) < 4.78 is 21.3. The number of hydrogen-bond acceptors (Lipinski definition) is 7. The van der Waals surface area contributed by atoms with Crippen LogP contribution in [-0.4, -0.2) is 18.5 Å². The Morgan fingerprint density at radius 2 is 1.47 bits per heavy atom. The number of ether oxygens (including phenoxy) is 3. The van der Waals surface area contributed by atoms with Crippen LogP contribution in [0.25, 0.3) is 11.0 Å². The lowest BCUT2D eigenvalue weighted by atomic mass is 10.1. The van der Waals surface area contributed by atoms with Crippen molar-refractivity contribution in [2.75, 3.05) is 6.61 Å². The number of carbonyl (C=O) groups excluding carboxylic acids is 2. The van der Waals surface area contributed by atoms with E-state index in [9.17, 15) is 14.4 Å². The third-order valence-corrected chi connectivity index (χ3v) is 4.56. The molecule has 1 heterocycles. The van der Waals surface area contributed by atoms with Crippen LogP contribution in [0.5, 0.6) is 17.2 Å². The number of benzene rings is 1. The van der Waals surface area contributed by atoms with Gasteiger partial charge in [0, 0.05) is 13.8 Å². The predicted octanol–water partition coefficient (Wildman–Crippen LogP) is 5.16. The Morgan fingerprint density at radius 3 is 2.10 bits per heavy atom. The van der Waals surface area contributed by atoms with E-state index < -0.39 is 23.3 Å². The number of carbonyl (C=O) groups is 2. The van der Waals surface area contributed by atoms with Crippen LogP contribution in [0, 0.1) is 0 Å². The first-order valence-electron chi connectivity index (χ1n) is 10.5. The molecule has 0 unspecified atom stereocenters. The van der Waals surface area contributed by atoms with Gasteiger partial charge in [-0.25, -0.2) is 4.79 Å². The van der Waals surface area contributed by atoms with Crippen molar-refractivity contribution in [1.29, 1.82) is 0 Å². The van der Waals surface area contributed by atoms with Gasteiger partial charge < -0.3 is 18.6 Å². The van der Waals surface area contributed by atoms with Crippen LogP contribution in [-0.2, 0) is 9.59 Å². The Labute approximate surface area is 176 Å². The van der Waals surface area contributed by atoms with E-state index >= 15 is 0 Å². The average Bonchev–Trinajstić information content (AvgIpc) is 2.68. The summed E-state index contributed by atoms with van der Waals surface area (Å²) in [4.78, 5) is 35.2. The van der Waals surface area contributed by atoms with Crippen LogP contribution < -0.4 is 19.8 Å². The van der Waals surface area contributed by atoms with E-state index in [1.54, 1.807) is 18.2 Å². The zero-order chi connectivity index (χ0) is 21.9. The van der Waals surface area contributed by atoms with Crippen molar-refractivity contribution in [3.05, 3.63) is 28.6 Å². The summed E-state index contributed by atoms with van der Waals surface area (Å²) in [6.07, 6.45) is 9.41. The van der Waals surface area contributed by atoms with Crippen LogP contribution in [0.1, 0.15) is 72.1 Å². The smallest absolute Gasteiger partial charge is 0.383 e. The van der Waals surface area contributed by atoms with Crippen molar-refractivity contribution >= 4 is 22.9 Å². The molecule has 0 spiro atoms. The summed E-state index contributed by atoms with van der Waals surface area (Å²) in [5.41, 5.74) is -0.727. The van der Waals surface area contributed by atoms with E-state index in [2.05, 4.69) is 6.92 Å². The molecule has 2 rings (SSSR count). The van der Waals surface area contributed by atoms with E-state index in [1.165, 1.54) is 39.0 Å². The Hall–Kier alpha value is -2.83. The molecule has 0 saturated carbocycles. The molecule has 0 atom stereocenters. The van der Waals surface area contributed by atoms with Crippen LogP contribution in [0.15, 0.2) is 27.4 Å². The highest BCUT2D eigenvalue weighted by molar-refractivity contribution is 5.94. The number of unbranched alkanes of at least 4 members (excludes halogenated alkanes) is 7. The maximum absolute atomic E-state index is 12.2. The summed E-state index contributed by atoms with van der Waals surface area (Å²) in [5, 5.41) is 0.281. The lowest BCUT2D eigenvalue weighted by molar-refractivity contribution is -0.134. The first kappa shape index (κ1) is 23.4. The Balaban J connectivity index is 2.15. The zero-order valence-electron chi connectivity index (χ0n) is 18.0. The van der Waals surface area contributed by atoms with Gasteiger partial charge in [0.2, 0.25) is 0 Å². The van der Waals surface area contributed by atoms with E-state index in [4.69, 9.17) is 18.6 Å². The highest BCUT2D eigenvalue weighted by atomic mass is 16.6. The van der Waals surface area contributed by atoms with Gasteiger partial charge in [0.15, 0.2) is 5.75 Å². The lowest BCUT2D eigenvalue weighted by Gasteiger charge is -2.14. The molecule has 0 aliphatic heterocycles. The van der Waals surface area contributed by atoms with Crippen LogP contribution in [0.2, 0.25) is 0 Å². The van der Waals surface area contributed by atoms with Crippen molar-refractivity contribution in [2.24, 2.45) is 0 Å². The molecule has 0 aliphatic rings. The van der Waals surface area contributed by atoms with Crippen molar-refractivity contribution in [3.63, 3.8) is 0 Å². The SMILES string of the molecule is CCCCCCCCCCOc1cccc2oc(=O)c(OC(C)=O)c(OC(C)=O)c12. The monoisotopic (exact) mass is 418 g/mol. The second-order valence-corrected chi connectivity index (χ2v) is 7.19. The number of esters is 2. The van der Waals surface area contributed by atoms with Gasteiger partial charge in [-0.05, 0) is 18.6 Å². The molecule has 30 heavy (non-hydrogen) atoms. The van der Waals surface area contributed by atoms with Crippen molar-refractivity contribution in [3.8, 4) is 17.2 Å². The summed E-state index contributed by atoms with van der Waals surface area (Å²) >= 11 is 0. The summed E-state index contributed by atoms with van der Waals surface area (Å²) in [7, 11) is 0. The molecule has 164 valence electrons. The molecule has 0 N–H and O–H groups in total. The Kier molecular flexibility index (Phi) is 9.38. The van der Waals surface area contributed by atoms with E-state index in [0.29, 0.717) is 12.4 Å². The van der Waals surface area contributed by atoms with Crippen molar-refractivity contribution < 1.29 is 28.2 Å². The highest BCUT2D eigenvalue weighted by Gasteiger charge is 2.23. The molecule has 1 aromatic heterocycles. The van der Waals surface area contributed by atoms with E-state index in [0.717, 1.165) is 26.2 Å². The molecular weight excluding hydrogens is 388 g/mol. The molecule has 1 aromatic carbocycles. The van der Waals surface area contributed by atoms with Gasteiger partial charge in [-0.3, -0.25) is 9.59 Å². The second kappa shape index (κ2) is 12.0. The first-order valence-corrected chi connectivity index (χ1v) is 10.5. The largest absolute Gasteiger partial charge is 0.493 e. The maximum atomic E-state index is 12.2. The van der Waals surface area contributed by atoms with E-state index in [1.807, 2.05) is 0 Å². The fraction of sp³-hybridized carbons (Fsp3) is 0.522. The quantitative estimate of drug-likeness (QED) is 0.267. The molecule has 0 amide bonds. The highest BCUT2D eigenvalue weighted by Crippen LogP contribution is 2.39. The van der Waals surface area contributed by atoms with Gasteiger partial charge in [0.05, 0.1) is 6.61 Å². The van der Waals surface area contributed by atoms with Crippen LogP contribution >= 0.6 is 0 Å². The van der Waals surface area contributed by atoms with Gasteiger partial charge in [0.25, 0.3) is 5.75 Å². The minimum atomic E-state index is -0.908. The minimum Gasteiger partial charge on any atom is -0.493 e. The molecule has 7 heteroatoms. The molecule has 7 nitrogen and oxygen atoms in total. The summed E-state index contributed by atoms with van der Waals surface area (Å²) in [5.74, 6) is -1.63. The minimum absolute atomic E-state index is 0.171. The predicted molar refractivity (Wildman–Crippen MR) is 113 cm³/mol. The van der Waals surface area contributed by atoms with Gasteiger partial charge in [-0.2, -0.15) is 0 Å². The normalized spacial score (nSPS) is 10.8. The number of rotatable bonds is 12. The Bertz CT molecular complexity index is 914. The Morgan fingerprint density at radius 1 is 0.867 bits per heavy atom. The second-order valence-electron chi connectivity index (χ2n) is 7.19. The van der Waals surface area contributed by atoms with Gasteiger partial charge >= 0.3 is 17.6 Å². The van der Waals surface area contributed by atoms with Crippen LogP contribution in [0.4, 0.5) is 0 Å². The zero-order valence-corrected chi connectivity index (χ0v) is 18.0. The average molecular weight is 418 g/mol. The maximum Gasteiger partial charge on any atom is 0.383 e. The van der Waals surface area contributed by atoms with Gasteiger partial charge in [0.1, 0.15) is 16.7 Å². The first-order chi connectivity index (χ1) is 14.4. The molecule has 0 bridgehead atoms. The molecule has 0 aliphatic carbocycles. The molecule has 0 saturated heterocycles. The third-order valence-electron chi connectivity index (χ3n) is 4.56. The molecule has 0 fully saturated rings. The van der Waals surface area contributed by atoms with Gasteiger partial charge in [-0.15, -0.1) is 0 Å². The standard InChI is InChI=1S/C23H30O7/c1-4-5-6-7-8-9-10-11-15-27-18-13-12-14-19-20(18)21(28-16(2)24)22(23(26)30-19)29-17(3)25/h12-14H,4-11,15H2,1-3H3. The van der Waals surface area contributed by atoms with Crippen molar-refractivity contribution in [2.45, 2.75) is 72.1 Å². The van der Waals surface area contributed by atoms with Gasteiger partial charge in [-0.1, -0.05) is 57.9 Å². The number of hydrogen-bond donors (Lipinski definition) is 0. The molecule has 2 aromatic rings. The molecule has 0 radical (unpaired) electrons. The lowest BCUT2D eigenvalue weighted by Crippen LogP contribution is -2.15. The van der Waals surface area contributed by atoms with Crippen molar-refractivity contribution in [1.82, 2.24) is 0 Å². The summed E-state index contributed by atoms with van der Waals surface area (Å²) in [6.45, 7) is 5.02. The topological polar surface area (TPSA) is 92.0 Å². The third kappa shape index (κ3) is 6.90. The molecular formula is C23H30O7. The summed E-state index contributed by atoms with van der Waals surface area (Å²) in [6, 6.07) is 4.93. The number of fused-ring (bicyclic) bond motifs is 1. The fourth-order valence-corrected chi connectivity index (χ4v) is 3.18. The van der Waals surface area contributed by atoms with Crippen LogP contribution in [0.3, 0.4) is 0 Å². The van der Waals surface area contributed by atoms with E-state index in [-0.39, 0.29) is 16.7 Å².